The minimum absolute atomic E-state index is 0.0931. The summed E-state index contributed by atoms with van der Waals surface area (Å²) >= 11 is 0. The molecule has 0 atom stereocenters. The van der Waals surface area contributed by atoms with E-state index in [-0.39, 0.29) is 11.3 Å². The van der Waals surface area contributed by atoms with Crippen LogP contribution in [0.15, 0.2) is 48.5 Å². The first-order valence-corrected chi connectivity index (χ1v) is 10.2. The zero-order chi connectivity index (χ0) is 23.2. The number of rotatable bonds is 4. The fraction of sp³-hybridized carbons (Fsp3) is 0.160. The topological polar surface area (TPSA) is 106 Å². The van der Waals surface area contributed by atoms with Crippen LogP contribution in [0.2, 0.25) is 0 Å². The summed E-state index contributed by atoms with van der Waals surface area (Å²) in [5.41, 5.74) is 15.7. The van der Waals surface area contributed by atoms with E-state index in [1.165, 1.54) is 11.0 Å². The summed E-state index contributed by atoms with van der Waals surface area (Å²) in [7, 11) is 7.98. The van der Waals surface area contributed by atoms with Crippen molar-refractivity contribution in [2.75, 3.05) is 44.6 Å². The highest BCUT2D eigenvalue weighted by Gasteiger charge is 2.25. The van der Waals surface area contributed by atoms with E-state index in [1.54, 1.807) is 6.07 Å². The molecule has 32 heavy (non-hydrogen) atoms. The summed E-state index contributed by atoms with van der Waals surface area (Å²) in [5.74, 6) is 0.241. The van der Waals surface area contributed by atoms with E-state index in [0.717, 1.165) is 27.3 Å². The molecule has 0 amide bonds. The number of ether oxygens (including phenoxy) is 1. The van der Waals surface area contributed by atoms with Gasteiger partial charge in [-0.25, -0.2) is 4.79 Å². The van der Waals surface area contributed by atoms with Gasteiger partial charge in [0.15, 0.2) is 0 Å². The van der Waals surface area contributed by atoms with Crippen LogP contribution in [0.3, 0.4) is 0 Å². The molecule has 0 radical (unpaired) electrons. The summed E-state index contributed by atoms with van der Waals surface area (Å²) in [6.07, 6.45) is 2.07. The van der Waals surface area contributed by atoms with E-state index in [2.05, 4.69) is 6.20 Å². The number of hydrogen-bond donors (Lipinski definition) is 4. The van der Waals surface area contributed by atoms with E-state index < -0.39 is 5.97 Å². The second-order valence-electron chi connectivity index (χ2n) is 8.36. The van der Waals surface area contributed by atoms with E-state index in [0.29, 0.717) is 22.7 Å². The first-order valence-electron chi connectivity index (χ1n) is 10.2. The van der Waals surface area contributed by atoms with Crippen molar-refractivity contribution >= 4 is 34.8 Å². The fourth-order valence-corrected chi connectivity index (χ4v) is 3.90. The lowest BCUT2D eigenvalue weighted by Crippen LogP contribution is -3.00. The number of fused-ring (bicyclic) bond motifs is 2. The Morgan fingerprint density at radius 3 is 2.34 bits per heavy atom. The van der Waals surface area contributed by atoms with Gasteiger partial charge in [-0.05, 0) is 48.0 Å². The molecule has 7 nitrogen and oxygen atoms in total. The van der Waals surface area contributed by atoms with Gasteiger partial charge in [-0.2, -0.15) is 0 Å². The first-order chi connectivity index (χ1) is 15.2. The number of nitrogens with two attached hydrogens (primary N) is 2. The monoisotopic (exact) mass is 431 g/mol. The highest BCUT2D eigenvalue weighted by Crippen LogP contribution is 2.40. The van der Waals surface area contributed by atoms with Crippen molar-refractivity contribution in [3.8, 4) is 11.5 Å². The molecular weight excluding hydrogens is 404 g/mol. The molecular formula is C25H27N4O3+. The molecule has 6 N–H and O–H groups in total. The molecule has 0 bridgehead atoms. The van der Waals surface area contributed by atoms with Crippen molar-refractivity contribution in [2.45, 2.75) is 0 Å². The van der Waals surface area contributed by atoms with E-state index in [9.17, 15) is 9.90 Å². The van der Waals surface area contributed by atoms with Crippen LogP contribution in [0.5, 0.6) is 11.5 Å². The van der Waals surface area contributed by atoms with Crippen LogP contribution in [0.25, 0.3) is 11.8 Å². The molecule has 3 aromatic carbocycles. The van der Waals surface area contributed by atoms with Crippen molar-refractivity contribution in [3.05, 3.63) is 75.7 Å². The average molecular weight is 432 g/mol. The molecule has 1 aliphatic rings. The third kappa shape index (κ3) is 3.74. The number of carboxylic acids is 1. The fourth-order valence-electron chi connectivity index (χ4n) is 3.90. The van der Waals surface area contributed by atoms with E-state index in [1.807, 2.05) is 69.5 Å². The Morgan fingerprint density at radius 1 is 0.969 bits per heavy atom. The van der Waals surface area contributed by atoms with E-state index >= 15 is 0 Å². The van der Waals surface area contributed by atoms with Crippen LogP contribution in [0, 0.1) is 0 Å². The lowest BCUT2D eigenvalue weighted by atomic mass is 9.89. The third-order valence-electron chi connectivity index (χ3n) is 5.42. The highest BCUT2D eigenvalue weighted by atomic mass is 16.5. The van der Waals surface area contributed by atoms with Gasteiger partial charge in [-0.15, -0.1) is 0 Å². The molecule has 0 saturated carbocycles. The van der Waals surface area contributed by atoms with Crippen molar-refractivity contribution in [2.24, 2.45) is 0 Å². The number of quaternary nitrogens is 1. The Kier molecular flexibility index (Phi) is 5.28. The largest absolute Gasteiger partial charge is 0.478 e. The lowest BCUT2D eigenvalue weighted by molar-refractivity contribution is -0.770. The maximum Gasteiger partial charge on any atom is 0.336 e. The zero-order valence-corrected chi connectivity index (χ0v) is 18.6. The number of nitrogens with one attached hydrogen (secondary N) is 1. The predicted octanol–water partition coefficient (Wildman–Crippen LogP) is 0.851. The van der Waals surface area contributed by atoms with Gasteiger partial charge in [-0.3, -0.25) is 0 Å². The SMILES string of the molecule is CN(C)c1ccc2c(c1)Oc1cc(=C[NH+](C)C)ccc1=C2c1cc(N)c(N)cc1C(=O)O. The maximum atomic E-state index is 12.1. The summed E-state index contributed by atoms with van der Waals surface area (Å²) in [4.78, 5) is 15.3. The average Bonchev–Trinajstić information content (AvgIpc) is 2.72. The Bertz CT molecular complexity index is 1360. The number of benzene rings is 3. The third-order valence-corrected chi connectivity index (χ3v) is 5.42. The van der Waals surface area contributed by atoms with Crippen LogP contribution >= 0.6 is 0 Å². The maximum absolute atomic E-state index is 12.1. The molecule has 7 heteroatoms. The number of hydrogen-bond acceptors (Lipinski definition) is 5. The molecule has 0 aromatic heterocycles. The smallest absolute Gasteiger partial charge is 0.336 e. The van der Waals surface area contributed by atoms with Crippen molar-refractivity contribution in [3.63, 3.8) is 0 Å². The Balaban J connectivity index is 2.12. The molecule has 0 spiro atoms. The number of anilines is 3. The Labute approximate surface area is 186 Å². The van der Waals surface area contributed by atoms with Gasteiger partial charge in [0.05, 0.1) is 31.0 Å². The van der Waals surface area contributed by atoms with Crippen LogP contribution in [-0.4, -0.2) is 39.3 Å². The van der Waals surface area contributed by atoms with E-state index in [4.69, 9.17) is 16.2 Å². The van der Waals surface area contributed by atoms with Crippen molar-refractivity contribution < 1.29 is 19.5 Å². The van der Waals surface area contributed by atoms with Gasteiger partial charge in [0.25, 0.3) is 0 Å². The Hall–Kier alpha value is -3.97. The van der Waals surface area contributed by atoms with Crippen molar-refractivity contribution in [1.29, 1.82) is 0 Å². The Morgan fingerprint density at radius 2 is 1.69 bits per heavy atom. The normalized spacial score (nSPS) is 12.9. The molecule has 0 unspecified atom stereocenters. The molecule has 1 heterocycles. The van der Waals surface area contributed by atoms with Crippen LogP contribution in [0.4, 0.5) is 17.1 Å². The molecule has 164 valence electrons. The number of carboxylic acid groups (broad SMARTS) is 1. The zero-order valence-electron chi connectivity index (χ0n) is 18.6. The van der Waals surface area contributed by atoms with Gasteiger partial charge < -0.3 is 31.1 Å². The quantitative estimate of drug-likeness (QED) is 0.357. The lowest BCUT2D eigenvalue weighted by Gasteiger charge is -2.24. The van der Waals surface area contributed by atoms with Gasteiger partial charge in [-0.1, -0.05) is 0 Å². The minimum Gasteiger partial charge on any atom is -0.478 e. The molecule has 3 aromatic rings. The molecule has 0 aliphatic carbocycles. The predicted molar refractivity (Wildman–Crippen MR) is 128 cm³/mol. The van der Waals surface area contributed by atoms with Crippen LogP contribution in [-0.2, 0) is 0 Å². The standard InChI is InChI=1S/C25H26N4O3/c1-28(2)13-14-5-7-16-22(9-14)32-23-10-15(29(3)4)6-8-17(23)24(16)18-11-20(26)21(27)12-19(18)25(30)31/h5-13H,26-27H2,1-4H3,(H,30,31)/p+1. The number of aromatic carboxylic acids is 1. The summed E-state index contributed by atoms with van der Waals surface area (Å²) in [5, 5.41) is 11.7. The number of nitrogen functional groups attached to an aromatic ring is 2. The minimum atomic E-state index is -1.07. The van der Waals surface area contributed by atoms with Crippen LogP contribution < -0.4 is 36.4 Å². The number of nitrogens with zero attached hydrogens (tertiary/aromatic N) is 1. The molecule has 0 saturated heterocycles. The van der Waals surface area contributed by atoms with Gasteiger partial charge in [0.2, 0.25) is 0 Å². The second-order valence-corrected chi connectivity index (χ2v) is 8.36. The highest BCUT2D eigenvalue weighted by molar-refractivity contribution is 6.00. The summed E-state index contributed by atoms with van der Waals surface area (Å²) in [6, 6.07) is 14.9. The van der Waals surface area contributed by atoms with Crippen LogP contribution in [0.1, 0.15) is 21.5 Å². The second kappa shape index (κ2) is 7.94. The van der Waals surface area contributed by atoms with Gasteiger partial charge in [0.1, 0.15) is 17.7 Å². The van der Waals surface area contributed by atoms with Gasteiger partial charge >= 0.3 is 5.97 Å². The molecule has 4 rings (SSSR count). The molecule has 0 fully saturated rings. The first kappa shape index (κ1) is 21.3. The number of carbonyl (C=O) groups is 1. The summed E-state index contributed by atoms with van der Waals surface area (Å²) < 4.78 is 6.32. The van der Waals surface area contributed by atoms with Crippen molar-refractivity contribution in [1.82, 2.24) is 0 Å². The molecule has 1 aliphatic heterocycles. The van der Waals surface area contributed by atoms with Gasteiger partial charge in [0, 0.05) is 47.4 Å². The summed E-state index contributed by atoms with van der Waals surface area (Å²) in [6.45, 7) is 0.